The maximum atomic E-state index is 5.35. The second kappa shape index (κ2) is 5.91. The summed E-state index contributed by atoms with van der Waals surface area (Å²) < 4.78 is 10.7. The van der Waals surface area contributed by atoms with E-state index in [9.17, 15) is 0 Å². The van der Waals surface area contributed by atoms with Crippen LogP contribution >= 0.6 is 0 Å². The smallest absolute Gasteiger partial charge is 0.0936 e. The number of ether oxygens (including phenoxy) is 2. The molecule has 4 heterocycles. The van der Waals surface area contributed by atoms with Gasteiger partial charge in [-0.15, -0.1) is 0 Å². The molecule has 0 saturated carbocycles. The van der Waals surface area contributed by atoms with Crippen molar-refractivity contribution in [2.75, 3.05) is 52.5 Å². The van der Waals surface area contributed by atoms with Crippen molar-refractivity contribution < 1.29 is 9.47 Å². The Hall–Kier alpha value is -0.160. The molecule has 0 spiro atoms. The number of epoxide rings is 2. The van der Waals surface area contributed by atoms with Gasteiger partial charge in [0.05, 0.1) is 25.4 Å². The number of hydrogen-bond acceptors (Lipinski definition) is 4. The van der Waals surface area contributed by atoms with E-state index in [2.05, 4.69) is 9.80 Å². The fourth-order valence-electron chi connectivity index (χ4n) is 4.14. The second-order valence-corrected chi connectivity index (χ2v) is 7.19. The summed E-state index contributed by atoms with van der Waals surface area (Å²) in [7, 11) is 0. The molecule has 0 unspecified atom stereocenters. The molecule has 0 aromatic heterocycles. The highest BCUT2D eigenvalue weighted by Gasteiger charge is 2.33. The van der Waals surface area contributed by atoms with Crippen molar-refractivity contribution in [1.29, 1.82) is 0 Å². The van der Waals surface area contributed by atoms with E-state index in [4.69, 9.17) is 9.47 Å². The van der Waals surface area contributed by atoms with Crippen molar-refractivity contribution >= 4 is 0 Å². The van der Waals surface area contributed by atoms with Crippen LogP contribution in [0.3, 0.4) is 0 Å². The van der Waals surface area contributed by atoms with Crippen molar-refractivity contribution in [1.82, 2.24) is 9.80 Å². The zero-order valence-corrected chi connectivity index (χ0v) is 12.5. The highest BCUT2D eigenvalue weighted by Crippen LogP contribution is 2.33. The van der Waals surface area contributed by atoms with Crippen molar-refractivity contribution in [3.63, 3.8) is 0 Å². The lowest BCUT2D eigenvalue weighted by Crippen LogP contribution is -2.42. The monoisotopic (exact) mass is 280 g/mol. The fraction of sp³-hybridized carbons (Fsp3) is 1.00. The first-order valence-corrected chi connectivity index (χ1v) is 8.55. The highest BCUT2D eigenvalue weighted by molar-refractivity contribution is 4.85. The van der Waals surface area contributed by atoms with Gasteiger partial charge in [-0.05, 0) is 63.7 Å². The van der Waals surface area contributed by atoms with Crippen LogP contribution in [0, 0.1) is 11.8 Å². The summed E-state index contributed by atoms with van der Waals surface area (Å²) in [6, 6.07) is 0. The average Bonchev–Trinajstić information content (AvgIpc) is 3.37. The number of hydrogen-bond donors (Lipinski definition) is 0. The largest absolute Gasteiger partial charge is 0.372 e. The fourth-order valence-corrected chi connectivity index (χ4v) is 4.14. The molecule has 4 heteroatoms. The predicted molar refractivity (Wildman–Crippen MR) is 77.8 cm³/mol. The van der Waals surface area contributed by atoms with E-state index in [1.165, 1.54) is 65.0 Å². The Bertz CT molecular complexity index is 282. The Kier molecular flexibility index (Phi) is 3.99. The lowest BCUT2D eigenvalue weighted by molar-refractivity contribution is 0.0904. The molecule has 4 nitrogen and oxygen atoms in total. The molecule has 0 amide bonds. The van der Waals surface area contributed by atoms with E-state index >= 15 is 0 Å². The summed E-state index contributed by atoms with van der Waals surface area (Å²) in [5.41, 5.74) is 0. The van der Waals surface area contributed by atoms with E-state index < -0.39 is 0 Å². The van der Waals surface area contributed by atoms with Gasteiger partial charge in [-0.1, -0.05) is 0 Å². The standard InChI is InChI=1S/C16H28N2O2/c1-5-17(9-15-11-19-15)6-2-13(1)14-3-7-18(8-4-14)10-16-12-20-16/h13-16H,1-12H2/t15-,16+. The van der Waals surface area contributed by atoms with Gasteiger partial charge in [-0.3, -0.25) is 0 Å². The van der Waals surface area contributed by atoms with Gasteiger partial charge in [-0.2, -0.15) is 0 Å². The molecule has 0 radical (unpaired) electrons. The zero-order valence-electron chi connectivity index (χ0n) is 12.5. The molecule has 2 atom stereocenters. The van der Waals surface area contributed by atoms with Gasteiger partial charge in [0, 0.05) is 13.1 Å². The minimum absolute atomic E-state index is 0.569. The van der Waals surface area contributed by atoms with Crippen LogP contribution in [0.25, 0.3) is 0 Å². The summed E-state index contributed by atoms with van der Waals surface area (Å²) in [6.07, 6.45) is 6.82. The van der Waals surface area contributed by atoms with Crippen LogP contribution in [0.1, 0.15) is 25.7 Å². The molecule has 4 fully saturated rings. The van der Waals surface area contributed by atoms with Gasteiger partial charge in [0.15, 0.2) is 0 Å². The lowest BCUT2D eigenvalue weighted by Gasteiger charge is -2.40. The summed E-state index contributed by atoms with van der Waals surface area (Å²) in [4.78, 5) is 5.24. The van der Waals surface area contributed by atoms with Gasteiger partial charge >= 0.3 is 0 Å². The van der Waals surface area contributed by atoms with Gasteiger partial charge in [0.25, 0.3) is 0 Å². The molecule has 4 saturated heterocycles. The predicted octanol–water partition coefficient (Wildman–Crippen LogP) is 1.21. The lowest BCUT2D eigenvalue weighted by atomic mass is 9.79. The maximum absolute atomic E-state index is 5.35. The molecule has 114 valence electrons. The number of piperidine rings is 2. The van der Waals surface area contributed by atoms with Crippen molar-refractivity contribution in [3.05, 3.63) is 0 Å². The van der Waals surface area contributed by atoms with Gasteiger partial charge in [0.1, 0.15) is 0 Å². The van der Waals surface area contributed by atoms with Crippen molar-refractivity contribution in [2.45, 2.75) is 37.9 Å². The normalized spacial score (nSPS) is 37.2. The molecule has 4 rings (SSSR count). The first-order valence-electron chi connectivity index (χ1n) is 8.55. The van der Waals surface area contributed by atoms with Crippen LogP contribution in [0.2, 0.25) is 0 Å². The number of rotatable bonds is 5. The SMILES string of the molecule is C1CN(C[C@H]2CO2)CCC1C1CCN(C[C@@H]2CO2)CC1. The number of likely N-dealkylation sites (tertiary alicyclic amines) is 2. The Morgan fingerprint density at radius 3 is 1.30 bits per heavy atom. The topological polar surface area (TPSA) is 31.5 Å². The van der Waals surface area contributed by atoms with E-state index in [1.54, 1.807) is 0 Å². The Balaban J connectivity index is 1.17. The minimum atomic E-state index is 0.569. The van der Waals surface area contributed by atoms with E-state index in [0.29, 0.717) is 12.2 Å². The van der Waals surface area contributed by atoms with Gasteiger partial charge < -0.3 is 19.3 Å². The van der Waals surface area contributed by atoms with Gasteiger partial charge in [-0.25, -0.2) is 0 Å². The highest BCUT2D eigenvalue weighted by atomic mass is 16.6. The van der Waals surface area contributed by atoms with Crippen LogP contribution < -0.4 is 0 Å². The van der Waals surface area contributed by atoms with Crippen molar-refractivity contribution in [3.8, 4) is 0 Å². The summed E-state index contributed by atoms with van der Waals surface area (Å²) in [6.45, 7) is 9.61. The third kappa shape index (κ3) is 3.53. The summed E-state index contributed by atoms with van der Waals surface area (Å²) in [5, 5.41) is 0. The Labute approximate surface area is 122 Å². The van der Waals surface area contributed by atoms with Crippen LogP contribution in [-0.2, 0) is 9.47 Å². The first kappa shape index (κ1) is 13.5. The molecule has 4 aliphatic rings. The van der Waals surface area contributed by atoms with Crippen molar-refractivity contribution in [2.24, 2.45) is 11.8 Å². The zero-order chi connectivity index (χ0) is 13.4. The van der Waals surface area contributed by atoms with E-state index in [-0.39, 0.29) is 0 Å². The van der Waals surface area contributed by atoms with Crippen LogP contribution in [0.5, 0.6) is 0 Å². The summed E-state index contributed by atoms with van der Waals surface area (Å²) >= 11 is 0. The molecule has 0 bridgehead atoms. The van der Waals surface area contributed by atoms with E-state index in [0.717, 1.165) is 25.0 Å². The number of nitrogens with zero attached hydrogens (tertiary/aromatic N) is 2. The molecule has 0 N–H and O–H groups in total. The maximum Gasteiger partial charge on any atom is 0.0936 e. The molecular weight excluding hydrogens is 252 g/mol. The van der Waals surface area contributed by atoms with Crippen LogP contribution in [0.4, 0.5) is 0 Å². The second-order valence-electron chi connectivity index (χ2n) is 7.19. The summed E-state index contributed by atoms with van der Waals surface area (Å²) in [5.74, 6) is 1.98. The Morgan fingerprint density at radius 1 is 0.650 bits per heavy atom. The third-order valence-corrected chi connectivity index (χ3v) is 5.66. The first-order chi connectivity index (χ1) is 9.87. The molecule has 4 aliphatic heterocycles. The minimum Gasteiger partial charge on any atom is -0.372 e. The Morgan fingerprint density at radius 2 is 1.00 bits per heavy atom. The molecule has 0 aromatic rings. The average molecular weight is 280 g/mol. The third-order valence-electron chi connectivity index (χ3n) is 5.66. The molecule has 0 aromatic carbocycles. The van der Waals surface area contributed by atoms with Crippen LogP contribution in [0.15, 0.2) is 0 Å². The molecule has 20 heavy (non-hydrogen) atoms. The quantitative estimate of drug-likeness (QED) is 0.709. The molecule has 0 aliphatic carbocycles. The van der Waals surface area contributed by atoms with Crippen LogP contribution in [-0.4, -0.2) is 74.5 Å². The van der Waals surface area contributed by atoms with Gasteiger partial charge in [0.2, 0.25) is 0 Å². The molecular formula is C16H28N2O2. The van der Waals surface area contributed by atoms with E-state index in [1.807, 2.05) is 0 Å².